The van der Waals surface area contributed by atoms with E-state index in [9.17, 15) is 4.79 Å². The molecule has 3 heteroatoms. The number of hydrogen-bond donors (Lipinski definition) is 1. The van der Waals surface area contributed by atoms with Crippen LogP contribution in [0.15, 0.2) is 42.5 Å². The van der Waals surface area contributed by atoms with Crippen LogP contribution in [0.5, 0.6) is 0 Å². The third kappa shape index (κ3) is 3.82. The van der Waals surface area contributed by atoms with Gasteiger partial charge in [0.2, 0.25) is 5.91 Å². The number of hydrogen-bond acceptors (Lipinski definition) is 2. The molecule has 1 saturated heterocycles. The highest BCUT2D eigenvalue weighted by molar-refractivity contribution is 5.78. The normalized spacial score (nSPS) is 28.0. The van der Waals surface area contributed by atoms with Crippen LogP contribution in [0.3, 0.4) is 0 Å². The third-order valence-electron chi connectivity index (χ3n) is 6.53. The number of allylic oxidation sites excluding steroid dienone is 2. The number of nitrogens with zero attached hydrogens (tertiary/aromatic N) is 1. The molecule has 25 heavy (non-hydrogen) atoms. The Morgan fingerprint density at radius 3 is 2.64 bits per heavy atom. The summed E-state index contributed by atoms with van der Waals surface area (Å²) in [5.41, 5.74) is 2.02. The molecule has 0 aromatic heterocycles. The summed E-state index contributed by atoms with van der Waals surface area (Å²) >= 11 is 0. The van der Waals surface area contributed by atoms with Crippen LogP contribution in [-0.2, 0) is 10.2 Å². The molecule has 1 unspecified atom stereocenters. The molecule has 2 fully saturated rings. The molecule has 1 aromatic rings. The van der Waals surface area contributed by atoms with Gasteiger partial charge in [-0.2, -0.15) is 0 Å². The number of piperidine rings is 1. The van der Waals surface area contributed by atoms with Gasteiger partial charge >= 0.3 is 0 Å². The van der Waals surface area contributed by atoms with Gasteiger partial charge in [0.25, 0.3) is 0 Å². The fourth-order valence-corrected chi connectivity index (χ4v) is 4.80. The summed E-state index contributed by atoms with van der Waals surface area (Å²) in [7, 11) is 0. The zero-order valence-electron chi connectivity index (χ0n) is 15.2. The minimum absolute atomic E-state index is 0.200. The highest BCUT2D eigenvalue weighted by Gasteiger charge is 2.44. The molecule has 2 aliphatic carbocycles. The van der Waals surface area contributed by atoms with Crippen LogP contribution in [0.2, 0.25) is 0 Å². The topological polar surface area (TPSA) is 32.3 Å². The van der Waals surface area contributed by atoms with Gasteiger partial charge in [0.1, 0.15) is 0 Å². The Labute approximate surface area is 151 Å². The second kappa shape index (κ2) is 6.95. The van der Waals surface area contributed by atoms with Crippen molar-refractivity contribution in [2.75, 3.05) is 26.2 Å². The molecule has 0 radical (unpaired) electrons. The van der Waals surface area contributed by atoms with Gasteiger partial charge in [0.15, 0.2) is 0 Å². The fraction of sp³-hybridized carbons (Fsp3) is 0.591. The average molecular weight is 338 g/mol. The van der Waals surface area contributed by atoms with Crippen LogP contribution in [-0.4, -0.2) is 37.0 Å². The van der Waals surface area contributed by atoms with E-state index in [1.165, 1.54) is 50.5 Å². The second-order valence-electron chi connectivity index (χ2n) is 8.45. The smallest absolute Gasteiger partial charge is 0.234 e. The first kappa shape index (κ1) is 16.8. The zero-order chi connectivity index (χ0) is 17.2. The van der Waals surface area contributed by atoms with Crippen LogP contribution >= 0.6 is 0 Å². The minimum atomic E-state index is 0.200. The molecule has 1 spiro atoms. The van der Waals surface area contributed by atoms with Crippen molar-refractivity contribution in [1.29, 1.82) is 0 Å². The predicted molar refractivity (Wildman–Crippen MR) is 101 cm³/mol. The maximum absolute atomic E-state index is 12.5. The molecular formula is C22H30N2O. The van der Waals surface area contributed by atoms with Gasteiger partial charge in [0.05, 0.1) is 6.54 Å². The van der Waals surface area contributed by atoms with Gasteiger partial charge in [-0.3, -0.25) is 9.69 Å². The molecule has 1 N–H and O–H groups in total. The van der Waals surface area contributed by atoms with E-state index in [-0.39, 0.29) is 11.3 Å². The van der Waals surface area contributed by atoms with Crippen molar-refractivity contribution in [3.8, 4) is 0 Å². The van der Waals surface area contributed by atoms with E-state index in [0.717, 1.165) is 19.6 Å². The van der Waals surface area contributed by atoms with Gasteiger partial charge in [-0.05, 0) is 62.5 Å². The summed E-state index contributed by atoms with van der Waals surface area (Å²) < 4.78 is 0. The fourth-order valence-electron chi connectivity index (χ4n) is 4.80. The van der Waals surface area contributed by atoms with Crippen molar-refractivity contribution >= 4 is 5.91 Å². The van der Waals surface area contributed by atoms with E-state index in [1.54, 1.807) is 0 Å². The number of carbonyl (C=O) groups is 1. The van der Waals surface area contributed by atoms with Gasteiger partial charge in [0, 0.05) is 18.5 Å². The van der Waals surface area contributed by atoms with E-state index in [4.69, 9.17) is 0 Å². The van der Waals surface area contributed by atoms with Gasteiger partial charge in [-0.15, -0.1) is 0 Å². The van der Waals surface area contributed by atoms with E-state index >= 15 is 0 Å². The van der Waals surface area contributed by atoms with E-state index in [1.807, 2.05) is 0 Å². The first-order chi connectivity index (χ1) is 12.2. The lowest BCUT2D eigenvalue weighted by Gasteiger charge is -2.43. The van der Waals surface area contributed by atoms with Crippen LogP contribution in [0.25, 0.3) is 0 Å². The Morgan fingerprint density at radius 2 is 1.92 bits per heavy atom. The molecular weight excluding hydrogens is 308 g/mol. The van der Waals surface area contributed by atoms with Crippen LogP contribution < -0.4 is 5.32 Å². The second-order valence-corrected chi connectivity index (χ2v) is 8.45. The summed E-state index contributed by atoms with van der Waals surface area (Å²) in [6.45, 7) is 3.52. The molecule has 3 nitrogen and oxygen atoms in total. The quantitative estimate of drug-likeness (QED) is 0.831. The minimum Gasteiger partial charge on any atom is -0.354 e. The largest absolute Gasteiger partial charge is 0.354 e. The van der Waals surface area contributed by atoms with Crippen LogP contribution in [0, 0.1) is 5.41 Å². The molecule has 1 atom stereocenters. The van der Waals surface area contributed by atoms with Crippen molar-refractivity contribution in [3.05, 3.63) is 48.0 Å². The van der Waals surface area contributed by atoms with Crippen molar-refractivity contribution in [1.82, 2.24) is 10.2 Å². The Bertz CT molecular complexity index is 635. The maximum Gasteiger partial charge on any atom is 0.234 e. The lowest BCUT2D eigenvalue weighted by Crippen LogP contribution is -2.48. The summed E-state index contributed by atoms with van der Waals surface area (Å²) in [6, 6.07) is 10.7. The Balaban J connectivity index is 1.29. The van der Waals surface area contributed by atoms with Gasteiger partial charge in [-0.1, -0.05) is 42.5 Å². The molecule has 1 aromatic carbocycles. The van der Waals surface area contributed by atoms with Crippen molar-refractivity contribution < 1.29 is 4.79 Å². The number of likely N-dealkylation sites (tertiary alicyclic amines) is 1. The molecule has 4 rings (SSSR count). The Kier molecular flexibility index (Phi) is 4.68. The highest BCUT2D eigenvalue weighted by atomic mass is 16.2. The van der Waals surface area contributed by atoms with Crippen LogP contribution in [0.4, 0.5) is 0 Å². The lowest BCUT2D eigenvalue weighted by atomic mass is 9.71. The van der Waals surface area contributed by atoms with Crippen molar-refractivity contribution in [2.45, 2.75) is 50.4 Å². The van der Waals surface area contributed by atoms with E-state index < -0.39 is 0 Å². The summed E-state index contributed by atoms with van der Waals surface area (Å²) in [6.07, 6.45) is 13.3. The summed E-state index contributed by atoms with van der Waals surface area (Å²) in [4.78, 5) is 14.9. The standard InChI is InChI=1S/C22H30N2O/c25-20(23-17-22(13-14-22)19-8-3-1-4-9-19)16-24-15-7-12-21(18-24)10-5-2-6-11-21/h1-5,8-9H,6-7,10-18H2,(H,23,25). The Morgan fingerprint density at radius 1 is 1.08 bits per heavy atom. The predicted octanol–water partition coefficient (Wildman–Crippen LogP) is 3.66. The lowest BCUT2D eigenvalue weighted by molar-refractivity contribution is -0.123. The molecule has 134 valence electrons. The molecule has 0 bridgehead atoms. The molecule has 3 aliphatic rings. The van der Waals surface area contributed by atoms with Crippen molar-refractivity contribution in [3.63, 3.8) is 0 Å². The first-order valence-corrected chi connectivity index (χ1v) is 9.90. The molecule has 1 heterocycles. The first-order valence-electron chi connectivity index (χ1n) is 9.90. The highest BCUT2D eigenvalue weighted by Crippen LogP contribution is 2.47. The number of rotatable bonds is 5. The number of benzene rings is 1. The summed E-state index contributed by atoms with van der Waals surface area (Å²) in [5, 5.41) is 3.23. The van der Waals surface area contributed by atoms with Gasteiger partial charge < -0.3 is 5.32 Å². The van der Waals surface area contributed by atoms with Crippen LogP contribution in [0.1, 0.15) is 50.5 Å². The summed E-state index contributed by atoms with van der Waals surface area (Å²) in [5.74, 6) is 0.200. The number of nitrogens with one attached hydrogen (secondary N) is 1. The number of amides is 1. The third-order valence-corrected chi connectivity index (χ3v) is 6.53. The molecule has 1 saturated carbocycles. The van der Waals surface area contributed by atoms with Gasteiger partial charge in [-0.25, -0.2) is 0 Å². The zero-order valence-corrected chi connectivity index (χ0v) is 15.2. The SMILES string of the molecule is O=C(CN1CCCC2(CC=CCC2)C1)NCC1(c2ccccc2)CC1. The monoisotopic (exact) mass is 338 g/mol. The molecule has 1 amide bonds. The average Bonchev–Trinajstić information content (AvgIpc) is 3.43. The Hall–Kier alpha value is -1.61. The van der Waals surface area contributed by atoms with Crippen molar-refractivity contribution in [2.24, 2.45) is 5.41 Å². The maximum atomic E-state index is 12.5. The van der Waals surface area contributed by atoms with E-state index in [0.29, 0.717) is 12.0 Å². The van der Waals surface area contributed by atoms with E-state index in [2.05, 4.69) is 52.7 Å². The molecule has 1 aliphatic heterocycles. The number of carbonyl (C=O) groups excluding carboxylic acids is 1.